The minimum Gasteiger partial charge on any atom is -0.480 e. The zero-order chi connectivity index (χ0) is 9.72. The zero-order valence-corrected chi connectivity index (χ0v) is 8.13. The lowest BCUT2D eigenvalue weighted by Crippen LogP contribution is -2.36. The van der Waals surface area contributed by atoms with E-state index in [9.17, 15) is 9.00 Å². The lowest BCUT2D eigenvalue weighted by Gasteiger charge is -2.07. The zero-order valence-electron chi connectivity index (χ0n) is 7.32. The molecule has 0 saturated heterocycles. The molecule has 0 fully saturated rings. The van der Waals surface area contributed by atoms with E-state index in [1.165, 1.54) is 0 Å². The van der Waals surface area contributed by atoms with Crippen LogP contribution in [-0.2, 0) is 15.6 Å². The standard InChI is InChI=1S/C7H15NO3S/c1-5(2)3-12(11)4-6(8)7(9)10/h5-6H,3-4,8H2,1-2H3,(H,9,10). The molecule has 0 aliphatic carbocycles. The summed E-state index contributed by atoms with van der Waals surface area (Å²) in [6, 6.07) is -0.996. The van der Waals surface area contributed by atoms with Crippen LogP contribution in [0, 0.1) is 5.92 Å². The summed E-state index contributed by atoms with van der Waals surface area (Å²) in [6.07, 6.45) is 0. The van der Waals surface area contributed by atoms with Crippen LogP contribution in [0.4, 0.5) is 0 Å². The van der Waals surface area contributed by atoms with Crippen molar-refractivity contribution in [3.8, 4) is 0 Å². The Balaban J connectivity index is 3.77. The fraction of sp³-hybridized carbons (Fsp3) is 0.857. The van der Waals surface area contributed by atoms with Gasteiger partial charge in [-0.25, -0.2) is 0 Å². The lowest BCUT2D eigenvalue weighted by molar-refractivity contribution is -0.137. The second kappa shape index (κ2) is 5.27. The molecule has 0 aliphatic heterocycles. The first-order chi connectivity index (χ1) is 5.43. The molecule has 0 bridgehead atoms. The van der Waals surface area contributed by atoms with Gasteiger partial charge in [0.25, 0.3) is 0 Å². The molecule has 0 saturated carbocycles. The van der Waals surface area contributed by atoms with E-state index in [2.05, 4.69) is 0 Å². The lowest BCUT2D eigenvalue weighted by atomic mass is 10.3. The summed E-state index contributed by atoms with van der Waals surface area (Å²) in [5.41, 5.74) is 5.20. The summed E-state index contributed by atoms with van der Waals surface area (Å²) in [5.74, 6) is -0.215. The van der Waals surface area contributed by atoms with E-state index in [0.29, 0.717) is 11.7 Å². The Morgan fingerprint density at radius 2 is 2.00 bits per heavy atom. The third kappa shape index (κ3) is 5.26. The van der Waals surface area contributed by atoms with E-state index in [0.717, 1.165) is 0 Å². The topological polar surface area (TPSA) is 80.4 Å². The Labute approximate surface area is 74.6 Å². The number of carboxylic acid groups (broad SMARTS) is 1. The van der Waals surface area contributed by atoms with Gasteiger partial charge in [-0.05, 0) is 5.92 Å². The molecule has 0 radical (unpaired) electrons. The average molecular weight is 193 g/mol. The van der Waals surface area contributed by atoms with E-state index in [1.807, 2.05) is 13.8 Å². The third-order valence-electron chi connectivity index (χ3n) is 1.20. The van der Waals surface area contributed by atoms with Crippen molar-refractivity contribution in [2.45, 2.75) is 19.9 Å². The van der Waals surface area contributed by atoms with Crippen LogP contribution in [0.1, 0.15) is 13.8 Å². The van der Waals surface area contributed by atoms with Gasteiger partial charge in [-0.3, -0.25) is 9.00 Å². The van der Waals surface area contributed by atoms with Crippen LogP contribution in [0.2, 0.25) is 0 Å². The Hall–Kier alpha value is -0.420. The smallest absolute Gasteiger partial charge is 0.321 e. The highest BCUT2D eigenvalue weighted by molar-refractivity contribution is 7.85. The van der Waals surface area contributed by atoms with Crippen LogP contribution < -0.4 is 5.73 Å². The molecule has 2 unspecified atom stereocenters. The maximum Gasteiger partial charge on any atom is 0.321 e. The van der Waals surface area contributed by atoms with Crippen LogP contribution in [0.15, 0.2) is 0 Å². The Bertz CT molecular complexity index is 181. The molecule has 0 heterocycles. The van der Waals surface area contributed by atoms with Gasteiger partial charge in [-0.2, -0.15) is 0 Å². The number of carbonyl (C=O) groups is 1. The van der Waals surface area contributed by atoms with Crippen LogP contribution in [0.3, 0.4) is 0 Å². The third-order valence-corrected chi connectivity index (χ3v) is 2.97. The maximum absolute atomic E-state index is 11.1. The van der Waals surface area contributed by atoms with Gasteiger partial charge in [0.2, 0.25) is 0 Å². The van der Waals surface area contributed by atoms with Gasteiger partial charge in [0.15, 0.2) is 0 Å². The van der Waals surface area contributed by atoms with Gasteiger partial charge in [-0.15, -0.1) is 0 Å². The van der Waals surface area contributed by atoms with Gasteiger partial charge < -0.3 is 10.8 Å². The molecular weight excluding hydrogens is 178 g/mol. The second-order valence-corrected chi connectivity index (χ2v) is 4.66. The van der Waals surface area contributed by atoms with Gasteiger partial charge >= 0.3 is 5.97 Å². The van der Waals surface area contributed by atoms with Crippen molar-refractivity contribution in [2.75, 3.05) is 11.5 Å². The number of carboxylic acids is 1. The molecule has 2 atom stereocenters. The van der Waals surface area contributed by atoms with Crippen molar-refractivity contribution in [2.24, 2.45) is 11.7 Å². The van der Waals surface area contributed by atoms with Crippen molar-refractivity contribution in [1.29, 1.82) is 0 Å². The van der Waals surface area contributed by atoms with Crippen molar-refractivity contribution in [3.05, 3.63) is 0 Å². The molecular formula is C7H15NO3S. The van der Waals surface area contributed by atoms with Crippen LogP contribution in [0.25, 0.3) is 0 Å². The molecule has 5 heteroatoms. The summed E-state index contributed by atoms with van der Waals surface area (Å²) in [5, 5.41) is 8.41. The summed E-state index contributed by atoms with van der Waals surface area (Å²) in [7, 11) is -1.11. The predicted molar refractivity (Wildman–Crippen MR) is 48.3 cm³/mol. The molecule has 0 aromatic heterocycles. The predicted octanol–water partition coefficient (Wildman–Crippen LogP) is -0.197. The van der Waals surface area contributed by atoms with Crippen LogP contribution in [-0.4, -0.2) is 32.8 Å². The van der Waals surface area contributed by atoms with E-state index >= 15 is 0 Å². The van der Waals surface area contributed by atoms with E-state index < -0.39 is 22.8 Å². The first-order valence-corrected chi connectivity index (χ1v) is 5.25. The van der Waals surface area contributed by atoms with Crippen molar-refractivity contribution >= 4 is 16.8 Å². The Kier molecular flexibility index (Phi) is 5.08. The van der Waals surface area contributed by atoms with Crippen molar-refractivity contribution < 1.29 is 14.1 Å². The summed E-state index contributed by atoms with van der Waals surface area (Å²) in [4.78, 5) is 10.3. The van der Waals surface area contributed by atoms with Crippen molar-refractivity contribution in [1.82, 2.24) is 0 Å². The number of nitrogens with two attached hydrogens (primary N) is 1. The summed E-state index contributed by atoms with van der Waals surface area (Å²) < 4.78 is 11.1. The number of aliphatic carboxylic acids is 1. The summed E-state index contributed by atoms with van der Waals surface area (Å²) >= 11 is 0. The summed E-state index contributed by atoms with van der Waals surface area (Å²) in [6.45, 7) is 3.87. The normalized spacial score (nSPS) is 16.0. The minimum atomic E-state index is -1.11. The quantitative estimate of drug-likeness (QED) is 0.634. The number of rotatable bonds is 5. The fourth-order valence-corrected chi connectivity index (χ4v) is 2.13. The highest BCUT2D eigenvalue weighted by atomic mass is 32.2. The SMILES string of the molecule is CC(C)CS(=O)CC(N)C(=O)O. The molecule has 0 aromatic rings. The highest BCUT2D eigenvalue weighted by Crippen LogP contribution is 1.97. The highest BCUT2D eigenvalue weighted by Gasteiger charge is 2.15. The molecule has 0 spiro atoms. The number of hydrogen-bond acceptors (Lipinski definition) is 3. The monoisotopic (exact) mass is 193 g/mol. The fourth-order valence-electron chi connectivity index (χ4n) is 0.711. The second-order valence-electron chi connectivity index (χ2n) is 3.11. The molecule has 4 nitrogen and oxygen atoms in total. The van der Waals surface area contributed by atoms with Gasteiger partial charge in [0.05, 0.1) is 0 Å². The number of hydrogen-bond donors (Lipinski definition) is 2. The largest absolute Gasteiger partial charge is 0.480 e. The van der Waals surface area contributed by atoms with Crippen LogP contribution in [0.5, 0.6) is 0 Å². The maximum atomic E-state index is 11.1. The molecule has 3 N–H and O–H groups in total. The van der Waals surface area contributed by atoms with E-state index in [1.54, 1.807) is 0 Å². The van der Waals surface area contributed by atoms with Crippen molar-refractivity contribution in [3.63, 3.8) is 0 Å². The van der Waals surface area contributed by atoms with Gasteiger partial charge in [-0.1, -0.05) is 13.8 Å². The first kappa shape index (κ1) is 11.6. The first-order valence-electron chi connectivity index (χ1n) is 3.76. The molecule has 0 rings (SSSR count). The molecule has 12 heavy (non-hydrogen) atoms. The minimum absolute atomic E-state index is 0.0491. The average Bonchev–Trinajstić information content (AvgIpc) is 1.84. The van der Waals surface area contributed by atoms with Crippen LogP contribution >= 0.6 is 0 Å². The van der Waals surface area contributed by atoms with E-state index in [-0.39, 0.29) is 5.75 Å². The molecule has 72 valence electrons. The molecule has 0 aliphatic rings. The molecule has 0 amide bonds. The van der Waals surface area contributed by atoms with Gasteiger partial charge in [0.1, 0.15) is 6.04 Å². The Morgan fingerprint density at radius 3 is 2.33 bits per heavy atom. The van der Waals surface area contributed by atoms with Gasteiger partial charge in [0, 0.05) is 22.3 Å². The Morgan fingerprint density at radius 1 is 1.50 bits per heavy atom. The molecule has 0 aromatic carbocycles. The van der Waals surface area contributed by atoms with E-state index in [4.69, 9.17) is 10.8 Å².